The first-order valence-corrected chi connectivity index (χ1v) is 7.54. The van der Waals surface area contributed by atoms with Crippen molar-refractivity contribution in [3.8, 4) is 0 Å². The summed E-state index contributed by atoms with van der Waals surface area (Å²) in [4.78, 5) is 2.48. The normalized spacial score (nSPS) is 34.2. The molecule has 2 rings (SSSR count). The highest BCUT2D eigenvalue weighted by Crippen LogP contribution is 2.48. The monoisotopic (exact) mass is 252 g/mol. The topological polar surface area (TPSA) is 20.2 Å². The highest BCUT2D eigenvalue weighted by molar-refractivity contribution is 7.12. The van der Waals surface area contributed by atoms with Gasteiger partial charge < -0.3 is 5.11 Å². The lowest BCUT2D eigenvalue weighted by Crippen LogP contribution is -2.42. The van der Waals surface area contributed by atoms with E-state index >= 15 is 0 Å². The molecule has 1 N–H and O–H groups in total. The van der Waals surface area contributed by atoms with Crippen LogP contribution in [0.2, 0.25) is 0 Å². The molecule has 1 saturated carbocycles. The second-order valence-electron chi connectivity index (χ2n) is 6.07. The maximum absolute atomic E-state index is 11.2. The van der Waals surface area contributed by atoms with E-state index in [1.165, 1.54) is 16.2 Å². The average molecular weight is 252 g/mol. The molecule has 1 fully saturated rings. The van der Waals surface area contributed by atoms with Crippen molar-refractivity contribution in [3.63, 3.8) is 0 Å². The van der Waals surface area contributed by atoms with Crippen molar-refractivity contribution in [2.24, 2.45) is 17.8 Å². The summed E-state index contributed by atoms with van der Waals surface area (Å²) < 4.78 is 0. The van der Waals surface area contributed by atoms with Crippen molar-refractivity contribution in [2.75, 3.05) is 0 Å². The molecule has 0 amide bonds. The maximum atomic E-state index is 11.2. The van der Waals surface area contributed by atoms with Crippen LogP contribution >= 0.6 is 11.3 Å². The number of hydrogen-bond donors (Lipinski definition) is 1. The predicted octanol–water partition coefficient (Wildman–Crippen LogP) is 4.34. The Bertz CT molecular complexity index is 382. The van der Waals surface area contributed by atoms with Crippen LogP contribution < -0.4 is 0 Å². The van der Waals surface area contributed by atoms with Gasteiger partial charge in [-0.25, -0.2) is 0 Å². The molecule has 96 valence electrons. The van der Waals surface area contributed by atoms with Crippen LogP contribution in [0.15, 0.2) is 12.1 Å². The smallest absolute Gasteiger partial charge is 0.102 e. The van der Waals surface area contributed by atoms with E-state index in [9.17, 15) is 5.11 Å². The standard InChI is InChI=1S/C15H24OS/c1-10(2)13-7-5-11(3)9-15(13,16)14-8-6-12(4)17-14/h6,8,10-11,13,16H,5,7,9H2,1-4H3. The van der Waals surface area contributed by atoms with E-state index in [0.29, 0.717) is 17.8 Å². The molecule has 0 aromatic carbocycles. The van der Waals surface area contributed by atoms with Gasteiger partial charge in [0.05, 0.1) is 0 Å². The molecular formula is C15H24OS. The van der Waals surface area contributed by atoms with E-state index in [0.717, 1.165) is 12.8 Å². The first-order valence-electron chi connectivity index (χ1n) is 6.72. The number of thiophene rings is 1. The van der Waals surface area contributed by atoms with Gasteiger partial charge in [-0.15, -0.1) is 11.3 Å². The van der Waals surface area contributed by atoms with Crippen LogP contribution in [0.25, 0.3) is 0 Å². The summed E-state index contributed by atoms with van der Waals surface area (Å²) >= 11 is 1.77. The Labute approximate surface area is 109 Å². The van der Waals surface area contributed by atoms with Crippen molar-refractivity contribution in [1.82, 2.24) is 0 Å². The van der Waals surface area contributed by atoms with E-state index < -0.39 is 5.60 Å². The van der Waals surface area contributed by atoms with Gasteiger partial charge >= 0.3 is 0 Å². The fourth-order valence-corrected chi connectivity index (χ4v) is 4.35. The van der Waals surface area contributed by atoms with Gasteiger partial charge in [0.15, 0.2) is 0 Å². The molecule has 0 radical (unpaired) electrons. The van der Waals surface area contributed by atoms with Crippen LogP contribution in [0.5, 0.6) is 0 Å². The summed E-state index contributed by atoms with van der Waals surface area (Å²) in [6.07, 6.45) is 3.34. The Morgan fingerprint density at radius 3 is 2.59 bits per heavy atom. The Morgan fingerprint density at radius 1 is 1.35 bits per heavy atom. The Hall–Kier alpha value is -0.340. The van der Waals surface area contributed by atoms with Crippen molar-refractivity contribution in [1.29, 1.82) is 0 Å². The molecule has 17 heavy (non-hydrogen) atoms. The van der Waals surface area contributed by atoms with Crippen LogP contribution in [0.3, 0.4) is 0 Å². The second-order valence-corrected chi connectivity index (χ2v) is 7.36. The van der Waals surface area contributed by atoms with Gasteiger partial charge in [-0.3, -0.25) is 0 Å². The molecule has 3 unspecified atom stereocenters. The molecular weight excluding hydrogens is 228 g/mol. The van der Waals surface area contributed by atoms with Crippen molar-refractivity contribution < 1.29 is 5.11 Å². The van der Waals surface area contributed by atoms with Gasteiger partial charge in [0.1, 0.15) is 5.60 Å². The maximum Gasteiger partial charge on any atom is 0.102 e. The average Bonchev–Trinajstić information content (AvgIpc) is 2.64. The largest absolute Gasteiger partial charge is 0.384 e. The molecule has 1 aliphatic carbocycles. The van der Waals surface area contributed by atoms with Crippen LogP contribution in [0, 0.1) is 24.7 Å². The summed E-state index contributed by atoms with van der Waals surface area (Å²) in [5, 5.41) is 11.2. The summed E-state index contributed by atoms with van der Waals surface area (Å²) in [5.74, 6) is 1.60. The lowest BCUT2D eigenvalue weighted by molar-refractivity contribution is -0.0837. The Morgan fingerprint density at radius 2 is 2.06 bits per heavy atom. The van der Waals surface area contributed by atoms with Gasteiger partial charge in [0, 0.05) is 9.75 Å². The molecule has 3 atom stereocenters. The van der Waals surface area contributed by atoms with Crippen LogP contribution in [-0.2, 0) is 5.60 Å². The summed E-state index contributed by atoms with van der Waals surface area (Å²) in [7, 11) is 0. The van der Waals surface area contributed by atoms with Crippen LogP contribution in [-0.4, -0.2) is 5.11 Å². The minimum Gasteiger partial charge on any atom is -0.384 e. The molecule has 2 heteroatoms. The molecule has 0 aliphatic heterocycles. The van der Waals surface area contributed by atoms with Crippen LogP contribution in [0.1, 0.15) is 49.8 Å². The summed E-state index contributed by atoms with van der Waals surface area (Å²) in [6, 6.07) is 4.27. The highest BCUT2D eigenvalue weighted by Gasteiger charge is 2.44. The van der Waals surface area contributed by atoms with Gasteiger partial charge in [0.25, 0.3) is 0 Å². The first kappa shape index (κ1) is 13.1. The predicted molar refractivity (Wildman–Crippen MR) is 74.3 cm³/mol. The number of aryl methyl sites for hydroxylation is 1. The third kappa shape index (κ3) is 2.43. The van der Waals surface area contributed by atoms with Gasteiger partial charge in [-0.2, -0.15) is 0 Å². The van der Waals surface area contributed by atoms with E-state index in [4.69, 9.17) is 0 Å². The van der Waals surface area contributed by atoms with Crippen LogP contribution in [0.4, 0.5) is 0 Å². The van der Waals surface area contributed by atoms with E-state index in [-0.39, 0.29) is 0 Å². The summed E-state index contributed by atoms with van der Waals surface area (Å²) in [6.45, 7) is 8.87. The molecule has 1 aromatic heterocycles. The first-order chi connectivity index (χ1) is 7.93. The third-order valence-electron chi connectivity index (χ3n) is 4.22. The SMILES string of the molecule is Cc1ccc(C2(O)CC(C)CCC2C(C)C)s1. The van der Waals surface area contributed by atoms with E-state index in [1.54, 1.807) is 11.3 Å². The minimum absolute atomic E-state index is 0.414. The zero-order valence-electron chi connectivity index (χ0n) is 11.4. The van der Waals surface area contributed by atoms with Gasteiger partial charge in [0.2, 0.25) is 0 Å². The molecule has 1 heterocycles. The van der Waals surface area contributed by atoms with E-state index in [1.807, 2.05) is 0 Å². The number of rotatable bonds is 2. The molecule has 0 bridgehead atoms. The molecule has 0 saturated heterocycles. The Kier molecular flexibility index (Phi) is 3.65. The zero-order chi connectivity index (χ0) is 12.6. The molecule has 1 nitrogen and oxygen atoms in total. The van der Waals surface area contributed by atoms with Gasteiger partial charge in [-0.1, -0.05) is 27.2 Å². The molecule has 0 spiro atoms. The lowest BCUT2D eigenvalue weighted by atomic mass is 9.66. The van der Waals surface area contributed by atoms with Crippen molar-refractivity contribution in [2.45, 2.75) is 52.6 Å². The quantitative estimate of drug-likeness (QED) is 0.830. The minimum atomic E-state index is -0.579. The van der Waals surface area contributed by atoms with Crippen molar-refractivity contribution in [3.05, 3.63) is 21.9 Å². The van der Waals surface area contributed by atoms with E-state index in [2.05, 4.69) is 39.8 Å². The molecule has 1 aliphatic rings. The number of aliphatic hydroxyl groups is 1. The second kappa shape index (κ2) is 4.74. The zero-order valence-corrected chi connectivity index (χ0v) is 12.2. The fraction of sp³-hybridized carbons (Fsp3) is 0.733. The Balaban J connectivity index is 2.35. The lowest BCUT2D eigenvalue weighted by Gasteiger charge is -2.44. The van der Waals surface area contributed by atoms with Crippen molar-refractivity contribution >= 4 is 11.3 Å². The molecule has 1 aromatic rings. The third-order valence-corrected chi connectivity index (χ3v) is 5.38. The number of hydrogen-bond acceptors (Lipinski definition) is 2. The highest BCUT2D eigenvalue weighted by atomic mass is 32.1. The fourth-order valence-electron chi connectivity index (χ4n) is 3.32. The summed E-state index contributed by atoms with van der Waals surface area (Å²) in [5.41, 5.74) is -0.579. The van der Waals surface area contributed by atoms with Gasteiger partial charge in [-0.05, 0) is 49.7 Å².